The van der Waals surface area contributed by atoms with Crippen molar-refractivity contribution in [3.05, 3.63) is 63.4 Å². The van der Waals surface area contributed by atoms with Crippen LogP contribution >= 0.6 is 23.1 Å². The van der Waals surface area contributed by atoms with Gasteiger partial charge in [0.15, 0.2) is 5.16 Å². The van der Waals surface area contributed by atoms with Gasteiger partial charge < -0.3 is 0 Å². The normalized spacial score (nSPS) is 11.8. The molecule has 3 aromatic rings. The lowest BCUT2D eigenvalue weighted by Crippen LogP contribution is -2.22. The fraction of sp³-hybridized carbons (Fsp3) is 0.316. The average Bonchev–Trinajstić information content (AvgIpc) is 3.05. The summed E-state index contributed by atoms with van der Waals surface area (Å²) in [6, 6.07) is 7.45. The van der Waals surface area contributed by atoms with Gasteiger partial charge in [-0.2, -0.15) is 0 Å². The summed E-state index contributed by atoms with van der Waals surface area (Å²) in [6.07, 6.45) is 1.72. The van der Waals surface area contributed by atoms with Crippen LogP contribution in [-0.4, -0.2) is 14.5 Å². The van der Waals surface area contributed by atoms with Gasteiger partial charge in [0.1, 0.15) is 0 Å². The number of aromatic nitrogens is 3. The molecule has 0 spiro atoms. The van der Waals surface area contributed by atoms with E-state index in [9.17, 15) is 4.79 Å². The zero-order valence-corrected chi connectivity index (χ0v) is 16.3. The van der Waals surface area contributed by atoms with E-state index >= 15 is 0 Å². The molecule has 4 nitrogen and oxygen atoms in total. The fourth-order valence-corrected chi connectivity index (χ4v) is 4.32. The monoisotopic (exact) mass is 371 g/mol. The molecule has 0 aliphatic heterocycles. The molecule has 25 heavy (non-hydrogen) atoms. The molecular formula is C19H21N3OS2. The van der Waals surface area contributed by atoms with Gasteiger partial charge in [0.25, 0.3) is 5.56 Å². The van der Waals surface area contributed by atoms with Crippen LogP contribution in [0.1, 0.15) is 31.5 Å². The van der Waals surface area contributed by atoms with Gasteiger partial charge in [0.05, 0.1) is 21.6 Å². The molecule has 0 amide bonds. The van der Waals surface area contributed by atoms with E-state index in [0.717, 1.165) is 16.2 Å². The summed E-state index contributed by atoms with van der Waals surface area (Å²) in [5, 5.41) is 4.55. The molecule has 0 aliphatic rings. The van der Waals surface area contributed by atoms with Crippen molar-refractivity contribution in [2.24, 2.45) is 0 Å². The highest BCUT2D eigenvalue weighted by Gasteiger charge is 2.18. The zero-order chi connectivity index (χ0) is 18.0. The smallest absolute Gasteiger partial charge is 0.262 e. The number of rotatable bonds is 5. The second-order valence-electron chi connectivity index (χ2n) is 6.80. The molecule has 2 heterocycles. The van der Waals surface area contributed by atoms with Crippen molar-refractivity contribution in [2.75, 3.05) is 0 Å². The maximum absolute atomic E-state index is 12.7. The minimum Gasteiger partial charge on any atom is -0.283 e. The van der Waals surface area contributed by atoms with Crippen LogP contribution in [0.15, 0.2) is 52.3 Å². The Morgan fingerprint density at radius 3 is 2.72 bits per heavy atom. The van der Waals surface area contributed by atoms with Crippen molar-refractivity contribution in [3.8, 4) is 0 Å². The van der Waals surface area contributed by atoms with Crippen LogP contribution in [0.4, 0.5) is 0 Å². The molecule has 0 unspecified atom stereocenters. The van der Waals surface area contributed by atoms with Crippen LogP contribution in [0.25, 0.3) is 10.9 Å². The summed E-state index contributed by atoms with van der Waals surface area (Å²) < 4.78 is 1.68. The van der Waals surface area contributed by atoms with Gasteiger partial charge >= 0.3 is 0 Å². The van der Waals surface area contributed by atoms with Crippen molar-refractivity contribution in [1.82, 2.24) is 14.5 Å². The molecule has 2 aromatic heterocycles. The average molecular weight is 372 g/mol. The molecule has 0 saturated heterocycles. The Morgan fingerprint density at radius 2 is 2.04 bits per heavy atom. The second kappa shape index (κ2) is 7.14. The zero-order valence-electron chi connectivity index (χ0n) is 14.7. The minimum atomic E-state index is -0.0262. The standard InChI is InChI=1S/C19H21N3OS2/c1-5-10-22-16(23)14-8-6-7-9-15(14)21-18(22)25-12-13-11-24-17(20-13)19(2,3)4/h5-9,11H,1,10,12H2,2-4H3. The van der Waals surface area contributed by atoms with Crippen molar-refractivity contribution in [2.45, 2.75) is 43.6 Å². The first-order valence-corrected chi connectivity index (χ1v) is 9.95. The highest BCUT2D eigenvalue weighted by atomic mass is 32.2. The molecule has 0 bridgehead atoms. The molecule has 0 N–H and O–H groups in total. The van der Waals surface area contributed by atoms with Crippen molar-refractivity contribution in [1.29, 1.82) is 0 Å². The van der Waals surface area contributed by atoms with E-state index in [1.807, 2.05) is 24.3 Å². The topological polar surface area (TPSA) is 47.8 Å². The highest BCUT2D eigenvalue weighted by Crippen LogP contribution is 2.28. The lowest BCUT2D eigenvalue weighted by Gasteiger charge is -2.13. The third-order valence-electron chi connectivity index (χ3n) is 3.68. The Bertz CT molecular complexity index is 967. The summed E-state index contributed by atoms with van der Waals surface area (Å²) in [6.45, 7) is 10.7. The lowest BCUT2D eigenvalue weighted by molar-refractivity contribution is 0.584. The SMILES string of the molecule is C=CCn1c(SCc2csc(C(C)(C)C)n2)nc2ccccc2c1=O. The van der Waals surface area contributed by atoms with E-state index in [2.05, 4.69) is 37.7 Å². The Labute approximate surface area is 155 Å². The Kier molecular flexibility index (Phi) is 5.11. The third kappa shape index (κ3) is 3.85. The minimum absolute atomic E-state index is 0.0262. The van der Waals surface area contributed by atoms with Crippen LogP contribution < -0.4 is 5.56 Å². The van der Waals surface area contributed by atoms with Crippen molar-refractivity contribution in [3.63, 3.8) is 0 Å². The molecule has 0 atom stereocenters. The van der Waals surface area contributed by atoms with Gasteiger partial charge in [-0.3, -0.25) is 9.36 Å². The molecule has 3 rings (SSSR count). The predicted octanol–water partition coefficient (Wildman–Crippen LogP) is 4.63. The number of hydrogen-bond acceptors (Lipinski definition) is 5. The van der Waals surface area contributed by atoms with E-state index in [1.165, 1.54) is 0 Å². The number of nitrogens with zero attached hydrogens (tertiary/aromatic N) is 3. The lowest BCUT2D eigenvalue weighted by atomic mass is 9.98. The molecule has 0 aliphatic carbocycles. The first-order valence-electron chi connectivity index (χ1n) is 8.08. The maximum atomic E-state index is 12.7. The van der Waals surface area contributed by atoms with Gasteiger partial charge in [-0.05, 0) is 12.1 Å². The Morgan fingerprint density at radius 1 is 1.28 bits per heavy atom. The molecule has 130 valence electrons. The van der Waals surface area contributed by atoms with Gasteiger partial charge in [0, 0.05) is 23.1 Å². The van der Waals surface area contributed by atoms with Crippen LogP contribution in [0.3, 0.4) is 0 Å². The number of thiazole rings is 1. The van der Waals surface area contributed by atoms with E-state index in [1.54, 1.807) is 33.7 Å². The van der Waals surface area contributed by atoms with Crippen molar-refractivity contribution >= 4 is 34.0 Å². The summed E-state index contributed by atoms with van der Waals surface area (Å²) in [5.74, 6) is 0.689. The molecule has 0 saturated carbocycles. The largest absolute Gasteiger partial charge is 0.283 e. The third-order valence-corrected chi connectivity index (χ3v) is 6.01. The summed E-state index contributed by atoms with van der Waals surface area (Å²) >= 11 is 3.22. The van der Waals surface area contributed by atoms with E-state index in [-0.39, 0.29) is 11.0 Å². The number of allylic oxidation sites excluding steroid dienone is 1. The molecule has 1 aromatic carbocycles. The quantitative estimate of drug-likeness (QED) is 0.373. The molecule has 0 fully saturated rings. The highest BCUT2D eigenvalue weighted by molar-refractivity contribution is 7.98. The predicted molar refractivity (Wildman–Crippen MR) is 107 cm³/mol. The first-order chi connectivity index (χ1) is 11.9. The van der Waals surface area contributed by atoms with Crippen LogP contribution in [0, 0.1) is 0 Å². The first kappa shape index (κ1) is 17.9. The van der Waals surface area contributed by atoms with E-state index in [4.69, 9.17) is 4.98 Å². The van der Waals surface area contributed by atoms with Gasteiger partial charge in [0.2, 0.25) is 0 Å². The Hall–Kier alpha value is -1.92. The van der Waals surface area contributed by atoms with Gasteiger partial charge in [-0.15, -0.1) is 17.9 Å². The van der Waals surface area contributed by atoms with Crippen LogP contribution in [-0.2, 0) is 17.7 Å². The molecule has 6 heteroatoms. The van der Waals surface area contributed by atoms with E-state index < -0.39 is 0 Å². The summed E-state index contributed by atoms with van der Waals surface area (Å²) in [4.78, 5) is 22.1. The molecular weight excluding hydrogens is 350 g/mol. The second-order valence-corrected chi connectivity index (χ2v) is 8.60. The van der Waals surface area contributed by atoms with Gasteiger partial charge in [-0.1, -0.05) is 50.7 Å². The molecule has 0 radical (unpaired) electrons. The number of para-hydroxylation sites is 1. The fourth-order valence-electron chi connectivity index (χ4n) is 2.40. The van der Waals surface area contributed by atoms with E-state index in [0.29, 0.717) is 22.8 Å². The van der Waals surface area contributed by atoms with Gasteiger partial charge in [-0.25, -0.2) is 9.97 Å². The summed E-state index contributed by atoms with van der Waals surface area (Å²) in [7, 11) is 0. The maximum Gasteiger partial charge on any atom is 0.262 e. The Balaban J connectivity index is 1.92. The van der Waals surface area contributed by atoms with Crippen LogP contribution in [0.5, 0.6) is 0 Å². The van der Waals surface area contributed by atoms with Crippen LogP contribution in [0.2, 0.25) is 0 Å². The summed E-state index contributed by atoms with van der Waals surface area (Å²) in [5.41, 5.74) is 1.78. The number of hydrogen-bond donors (Lipinski definition) is 0. The number of benzene rings is 1. The number of fused-ring (bicyclic) bond motifs is 1. The van der Waals surface area contributed by atoms with Crippen molar-refractivity contribution < 1.29 is 0 Å². The number of thioether (sulfide) groups is 1.